The van der Waals surface area contributed by atoms with Crippen LogP contribution in [0.25, 0.3) is 0 Å². The number of piperazine rings is 1. The van der Waals surface area contributed by atoms with Crippen molar-refractivity contribution in [3.05, 3.63) is 53.6 Å². The minimum atomic E-state index is -0.575. The molecule has 4 rings (SSSR count). The Kier molecular flexibility index (Phi) is 5.97. The van der Waals surface area contributed by atoms with E-state index in [9.17, 15) is 9.90 Å². The molecule has 1 unspecified atom stereocenters. The number of fused-ring (bicyclic) bond motifs is 1. The lowest BCUT2D eigenvalue weighted by Crippen LogP contribution is -2.58. The molecule has 0 aromatic heterocycles. The fourth-order valence-electron chi connectivity index (χ4n) is 4.47. The molecule has 0 aliphatic carbocycles. The summed E-state index contributed by atoms with van der Waals surface area (Å²) >= 11 is 0. The Balaban J connectivity index is 1.30. The average Bonchev–Trinajstić information content (AvgIpc) is 3.09. The molecule has 2 aromatic carbocycles. The van der Waals surface area contributed by atoms with E-state index in [4.69, 9.17) is 4.74 Å². The second-order valence-electron chi connectivity index (χ2n) is 8.64. The number of benzene rings is 2. The molecule has 2 aliphatic rings. The van der Waals surface area contributed by atoms with E-state index >= 15 is 0 Å². The summed E-state index contributed by atoms with van der Waals surface area (Å²) in [6.07, 6.45) is -0.191. The molecule has 0 saturated carbocycles. The number of aliphatic hydroxyl groups excluding tert-OH is 1. The molecule has 30 heavy (non-hydrogen) atoms. The van der Waals surface area contributed by atoms with Gasteiger partial charge in [-0.2, -0.15) is 0 Å². The minimum Gasteiger partial charge on any atom is -0.491 e. The van der Waals surface area contributed by atoms with E-state index in [0.717, 1.165) is 24.3 Å². The highest BCUT2D eigenvalue weighted by atomic mass is 16.5. The Morgan fingerprint density at radius 2 is 1.83 bits per heavy atom. The van der Waals surface area contributed by atoms with Gasteiger partial charge < -0.3 is 20.1 Å². The van der Waals surface area contributed by atoms with E-state index in [-0.39, 0.29) is 12.5 Å². The van der Waals surface area contributed by atoms with Crippen LogP contribution in [-0.2, 0) is 11.2 Å². The first kappa shape index (κ1) is 20.7. The number of nitrogens with zero attached hydrogens (tertiary/aromatic N) is 2. The highest BCUT2D eigenvalue weighted by molar-refractivity contribution is 5.99. The quantitative estimate of drug-likeness (QED) is 0.768. The molecule has 6 heteroatoms. The second kappa shape index (κ2) is 8.66. The number of hydrogen-bond acceptors (Lipinski definition) is 5. The van der Waals surface area contributed by atoms with Gasteiger partial charge in [-0.25, -0.2) is 0 Å². The maximum Gasteiger partial charge on any atom is 0.228 e. The van der Waals surface area contributed by atoms with Crippen molar-refractivity contribution >= 4 is 17.3 Å². The molecule has 0 spiro atoms. The summed E-state index contributed by atoms with van der Waals surface area (Å²) in [4.78, 5) is 16.3. The molecule has 3 atom stereocenters. The van der Waals surface area contributed by atoms with Gasteiger partial charge in [0.15, 0.2) is 0 Å². The van der Waals surface area contributed by atoms with Gasteiger partial charge in [0.05, 0.1) is 6.42 Å². The highest BCUT2D eigenvalue weighted by Crippen LogP contribution is 2.27. The van der Waals surface area contributed by atoms with Crippen LogP contribution in [0.15, 0.2) is 42.5 Å². The summed E-state index contributed by atoms with van der Waals surface area (Å²) in [6, 6.07) is 14.9. The topological polar surface area (TPSA) is 65.0 Å². The molecule has 2 heterocycles. The van der Waals surface area contributed by atoms with Crippen LogP contribution in [0.1, 0.15) is 25.0 Å². The lowest BCUT2D eigenvalue weighted by atomic mass is 10.1. The van der Waals surface area contributed by atoms with E-state index in [0.29, 0.717) is 30.8 Å². The molecule has 0 radical (unpaired) electrons. The van der Waals surface area contributed by atoms with Crippen molar-refractivity contribution < 1.29 is 14.6 Å². The molecule has 6 nitrogen and oxygen atoms in total. The number of aryl methyl sites for hydroxylation is 1. The number of rotatable bonds is 6. The molecule has 1 amide bonds. The molecule has 2 N–H and O–H groups in total. The molecule has 1 fully saturated rings. The zero-order chi connectivity index (χ0) is 21.3. The molecule has 160 valence electrons. The van der Waals surface area contributed by atoms with Crippen molar-refractivity contribution in [2.45, 2.75) is 45.4 Å². The summed E-state index contributed by atoms with van der Waals surface area (Å²) < 4.78 is 5.82. The predicted octanol–water partition coefficient (Wildman–Crippen LogP) is 2.83. The van der Waals surface area contributed by atoms with Crippen LogP contribution in [0.3, 0.4) is 0 Å². The monoisotopic (exact) mass is 409 g/mol. The lowest BCUT2D eigenvalue weighted by Gasteiger charge is -2.46. The first-order chi connectivity index (χ1) is 14.4. The van der Waals surface area contributed by atoms with Gasteiger partial charge in [0.25, 0.3) is 0 Å². The highest BCUT2D eigenvalue weighted by Gasteiger charge is 2.31. The lowest BCUT2D eigenvalue weighted by molar-refractivity contribution is -0.115. The van der Waals surface area contributed by atoms with Gasteiger partial charge in [0.2, 0.25) is 5.91 Å². The van der Waals surface area contributed by atoms with Gasteiger partial charge >= 0.3 is 0 Å². The number of amides is 1. The number of β-amino-alcohol motifs (C(OH)–C–C–N with tert-alkyl or cyclic N) is 1. The zero-order valence-electron chi connectivity index (χ0n) is 18.0. The Morgan fingerprint density at radius 1 is 1.13 bits per heavy atom. The van der Waals surface area contributed by atoms with Gasteiger partial charge in [-0.15, -0.1) is 0 Å². The van der Waals surface area contributed by atoms with E-state index in [1.165, 1.54) is 11.3 Å². The Morgan fingerprint density at radius 3 is 2.53 bits per heavy atom. The van der Waals surface area contributed by atoms with Crippen LogP contribution < -0.4 is 15.0 Å². The fourth-order valence-corrected chi connectivity index (χ4v) is 4.47. The van der Waals surface area contributed by atoms with Gasteiger partial charge in [-0.3, -0.25) is 9.69 Å². The van der Waals surface area contributed by atoms with E-state index < -0.39 is 6.10 Å². The molecular weight excluding hydrogens is 378 g/mol. The van der Waals surface area contributed by atoms with E-state index in [1.54, 1.807) is 0 Å². The van der Waals surface area contributed by atoms with Crippen molar-refractivity contribution in [2.24, 2.45) is 0 Å². The summed E-state index contributed by atoms with van der Waals surface area (Å²) in [5.74, 6) is 0.699. The van der Waals surface area contributed by atoms with Gasteiger partial charge in [-0.1, -0.05) is 17.7 Å². The van der Waals surface area contributed by atoms with Crippen LogP contribution in [-0.4, -0.2) is 60.3 Å². The third-order valence-corrected chi connectivity index (χ3v) is 6.07. The average molecular weight is 410 g/mol. The largest absolute Gasteiger partial charge is 0.491 e. The van der Waals surface area contributed by atoms with Crippen molar-refractivity contribution in [3.8, 4) is 5.75 Å². The van der Waals surface area contributed by atoms with Gasteiger partial charge in [0.1, 0.15) is 18.5 Å². The Hall–Kier alpha value is -2.57. The normalized spacial score (nSPS) is 22.5. The van der Waals surface area contributed by atoms with Crippen LogP contribution in [0, 0.1) is 6.92 Å². The summed E-state index contributed by atoms with van der Waals surface area (Å²) in [5, 5.41) is 13.4. The number of nitrogens with one attached hydrogen (secondary N) is 1. The number of aliphatic hydroxyl groups is 1. The zero-order valence-corrected chi connectivity index (χ0v) is 18.0. The maximum atomic E-state index is 11.5. The van der Waals surface area contributed by atoms with E-state index in [2.05, 4.69) is 60.2 Å². The van der Waals surface area contributed by atoms with Gasteiger partial charge in [0, 0.05) is 43.1 Å². The van der Waals surface area contributed by atoms with Crippen LogP contribution >= 0.6 is 0 Å². The number of carbonyl (C=O) groups excluding carboxylic acids is 1. The van der Waals surface area contributed by atoms with Crippen LogP contribution in [0.5, 0.6) is 5.75 Å². The first-order valence-electron chi connectivity index (χ1n) is 10.7. The number of carbonyl (C=O) groups is 1. The Bertz CT molecular complexity index is 887. The summed E-state index contributed by atoms with van der Waals surface area (Å²) in [5.41, 5.74) is 4.32. The smallest absolute Gasteiger partial charge is 0.228 e. The third-order valence-electron chi connectivity index (χ3n) is 6.07. The number of ether oxygens (including phenoxy) is 1. The van der Waals surface area contributed by atoms with Crippen molar-refractivity contribution in [3.63, 3.8) is 0 Å². The van der Waals surface area contributed by atoms with Crippen molar-refractivity contribution in [2.75, 3.05) is 36.5 Å². The first-order valence-corrected chi connectivity index (χ1v) is 10.7. The summed E-state index contributed by atoms with van der Waals surface area (Å²) in [6.45, 7) is 9.23. The second-order valence-corrected chi connectivity index (χ2v) is 8.64. The van der Waals surface area contributed by atoms with Crippen molar-refractivity contribution in [1.29, 1.82) is 0 Å². The number of hydrogen-bond donors (Lipinski definition) is 2. The molecule has 2 aliphatic heterocycles. The van der Waals surface area contributed by atoms with Gasteiger partial charge in [-0.05, 0) is 56.7 Å². The Labute approximate surface area is 178 Å². The van der Waals surface area contributed by atoms with Crippen LogP contribution in [0.4, 0.5) is 11.4 Å². The maximum absolute atomic E-state index is 11.5. The van der Waals surface area contributed by atoms with Crippen molar-refractivity contribution in [1.82, 2.24) is 4.90 Å². The van der Waals surface area contributed by atoms with E-state index in [1.807, 2.05) is 18.2 Å². The molecule has 2 aromatic rings. The fraction of sp³-hybridized carbons (Fsp3) is 0.458. The molecule has 1 saturated heterocycles. The van der Waals surface area contributed by atoms with Crippen LogP contribution in [0.2, 0.25) is 0 Å². The third kappa shape index (κ3) is 4.60. The number of anilines is 2. The molecule has 0 bridgehead atoms. The molecular formula is C24H31N3O3. The summed E-state index contributed by atoms with van der Waals surface area (Å²) in [7, 11) is 0. The minimum absolute atomic E-state index is 0.00920. The SMILES string of the molecule is Cc1ccc(N2C[C@@H](C)N(CC(O)COc3ccc4c(c3)CC(=O)N4)[C@@H](C)C2)cc1. The standard InChI is InChI=1S/C24H31N3O3/c1-16-4-6-20(7-5-16)26-12-17(2)27(18(3)13-26)14-21(28)15-30-22-8-9-23-19(10-22)11-24(29)25-23/h4-10,17-18,21,28H,11-15H2,1-3H3,(H,25,29)/t17-,18+,21?. The predicted molar refractivity (Wildman–Crippen MR) is 119 cm³/mol.